The maximum atomic E-state index is 13.5. The van der Waals surface area contributed by atoms with Crippen LogP contribution in [0.3, 0.4) is 0 Å². The molecule has 2 rings (SSSR count). The zero-order valence-corrected chi connectivity index (χ0v) is 12.1. The first kappa shape index (κ1) is 14.9. The highest BCUT2D eigenvalue weighted by atomic mass is 19.1. The number of hydrogen-bond acceptors (Lipinski definition) is 4. The van der Waals surface area contributed by atoms with Crippen LogP contribution in [0.15, 0.2) is 30.6 Å². The predicted molar refractivity (Wildman–Crippen MR) is 79.5 cm³/mol. The number of amides is 1. The Kier molecular flexibility index (Phi) is 3.88. The summed E-state index contributed by atoms with van der Waals surface area (Å²) in [4.78, 5) is 20.1. The number of carbonyl (C=O) groups excluding carboxylic acids is 1. The summed E-state index contributed by atoms with van der Waals surface area (Å²) in [6.07, 6.45) is 2.44. The molecule has 0 aromatic carbocycles. The molecule has 3 N–H and O–H groups in total. The van der Waals surface area contributed by atoms with Crippen molar-refractivity contribution in [2.24, 2.45) is 0 Å². The molecule has 0 aliphatic heterocycles. The van der Waals surface area contributed by atoms with E-state index in [1.54, 1.807) is 6.07 Å². The Hall–Kier alpha value is -2.50. The smallest absolute Gasteiger partial charge is 0.255 e. The summed E-state index contributed by atoms with van der Waals surface area (Å²) in [5.41, 5.74) is 6.60. The van der Waals surface area contributed by atoms with Gasteiger partial charge < -0.3 is 11.1 Å². The summed E-state index contributed by atoms with van der Waals surface area (Å²) in [5, 5.41) is 2.50. The molecular formula is C15H17FN4O. The van der Waals surface area contributed by atoms with Gasteiger partial charge in [0.15, 0.2) is 5.82 Å². The van der Waals surface area contributed by atoms with Crippen molar-refractivity contribution in [2.75, 3.05) is 11.1 Å². The SMILES string of the molecule is CC(C)(C)c1cc(C(=O)Nc2ccncc2F)cc(N)n1. The van der Waals surface area contributed by atoms with Crippen LogP contribution in [0.1, 0.15) is 36.8 Å². The van der Waals surface area contributed by atoms with Gasteiger partial charge in [-0.3, -0.25) is 9.78 Å². The van der Waals surface area contributed by atoms with Crippen LogP contribution in [0.5, 0.6) is 0 Å². The highest BCUT2D eigenvalue weighted by molar-refractivity contribution is 6.04. The molecule has 21 heavy (non-hydrogen) atoms. The van der Waals surface area contributed by atoms with E-state index in [9.17, 15) is 9.18 Å². The predicted octanol–water partition coefficient (Wildman–Crippen LogP) is 2.75. The minimum absolute atomic E-state index is 0.0719. The van der Waals surface area contributed by atoms with Gasteiger partial charge in [0.05, 0.1) is 11.9 Å². The minimum Gasteiger partial charge on any atom is -0.384 e. The quantitative estimate of drug-likeness (QED) is 0.890. The second-order valence-corrected chi connectivity index (χ2v) is 5.73. The van der Waals surface area contributed by atoms with Crippen molar-refractivity contribution in [1.29, 1.82) is 0 Å². The van der Waals surface area contributed by atoms with E-state index in [-0.39, 0.29) is 16.9 Å². The molecule has 5 nitrogen and oxygen atoms in total. The molecule has 0 aliphatic rings. The Morgan fingerprint density at radius 1 is 1.33 bits per heavy atom. The molecule has 0 unspecified atom stereocenters. The maximum Gasteiger partial charge on any atom is 0.255 e. The van der Waals surface area contributed by atoms with E-state index in [1.807, 2.05) is 20.8 Å². The van der Waals surface area contributed by atoms with Crippen LogP contribution in [0, 0.1) is 5.82 Å². The Labute approximate surface area is 122 Å². The van der Waals surface area contributed by atoms with Crippen molar-refractivity contribution in [3.63, 3.8) is 0 Å². The maximum absolute atomic E-state index is 13.5. The molecule has 2 aromatic rings. The molecule has 0 aliphatic carbocycles. The second kappa shape index (κ2) is 5.47. The van der Waals surface area contributed by atoms with E-state index < -0.39 is 11.7 Å². The average Bonchev–Trinajstić information content (AvgIpc) is 2.39. The van der Waals surface area contributed by atoms with Crippen LogP contribution in [-0.2, 0) is 5.41 Å². The van der Waals surface area contributed by atoms with Gasteiger partial charge in [0, 0.05) is 22.9 Å². The highest BCUT2D eigenvalue weighted by Crippen LogP contribution is 2.23. The fourth-order valence-corrected chi connectivity index (χ4v) is 1.74. The van der Waals surface area contributed by atoms with E-state index in [0.717, 1.165) is 6.20 Å². The van der Waals surface area contributed by atoms with Crippen LogP contribution in [0.25, 0.3) is 0 Å². The number of nitrogen functional groups attached to an aromatic ring is 1. The highest BCUT2D eigenvalue weighted by Gasteiger charge is 2.19. The van der Waals surface area contributed by atoms with Crippen LogP contribution >= 0.6 is 0 Å². The summed E-state index contributed by atoms with van der Waals surface area (Å²) in [7, 11) is 0. The Balaban J connectivity index is 2.32. The Morgan fingerprint density at radius 2 is 2.05 bits per heavy atom. The number of carbonyl (C=O) groups is 1. The molecule has 2 aromatic heterocycles. The third kappa shape index (κ3) is 3.53. The molecular weight excluding hydrogens is 271 g/mol. The zero-order chi connectivity index (χ0) is 15.6. The molecule has 6 heteroatoms. The first-order chi connectivity index (χ1) is 9.77. The van der Waals surface area contributed by atoms with Crippen LogP contribution in [0.2, 0.25) is 0 Å². The average molecular weight is 288 g/mol. The normalized spacial score (nSPS) is 11.2. The van der Waals surface area contributed by atoms with Gasteiger partial charge in [-0.05, 0) is 18.2 Å². The number of nitrogens with zero attached hydrogens (tertiary/aromatic N) is 2. The molecule has 0 radical (unpaired) electrons. The van der Waals surface area contributed by atoms with Crippen molar-refractivity contribution in [1.82, 2.24) is 9.97 Å². The van der Waals surface area contributed by atoms with Crippen molar-refractivity contribution < 1.29 is 9.18 Å². The largest absolute Gasteiger partial charge is 0.384 e. The van der Waals surface area contributed by atoms with E-state index in [0.29, 0.717) is 11.3 Å². The van der Waals surface area contributed by atoms with E-state index in [4.69, 9.17) is 5.73 Å². The van der Waals surface area contributed by atoms with Crippen LogP contribution in [0.4, 0.5) is 15.9 Å². The summed E-state index contributed by atoms with van der Waals surface area (Å²) in [6, 6.07) is 4.51. The van der Waals surface area contributed by atoms with Gasteiger partial charge in [0.2, 0.25) is 0 Å². The van der Waals surface area contributed by atoms with E-state index >= 15 is 0 Å². The fraction of sp³-hybridized carbons (Fsp3) is 0.267. The van der Waals surface area contributed by atoms with Gasteiger partial charge in [-0.1, -0.05) is 20.8 Å². The number of halogens is 1. The van der Waals surface area contributed by atoms with Gasteiger partial charge >= 0.3 is 0 Å². The number of rotatable bonds is 2. The van der Waals surface area contributed by atoms with Crippen molar-refractivity contribution in [3.05, 3.63) is 47.7 Å². The summed E-state index contributed by atoms with van der Waals surface area (Å²) in [5.74, 6) is -0.786. The van der Waals surface area contributed by atoms with Gasteiger partial charge in [0.25, 0.3) is 5.91 Å². The van der Waals surface area contributed by atoms with Gasteiger partial charge in [-0.15, -0.1) is 0 Å². The number of nitrogens with one attached hydrogen (secondary N) is 1. The topological polar surface area (TPSA) is 80.9 Å². The lowest BCUT2D eigenvalue weighted by Gasteiger charge is -2.19. The number of anilines is 2. The minimum atomic E-state index is -0.594. The van der Waals surface area contributed by atoms with Gasteiger partial charge in [-0.2, -0.15) is 0 Å². The first-order valence-corrected chi connectivity index (χ1v) is 6.46. The van der Waals surface area contributed by atoms with Gasteiger partial charge in [-0.25, -0.2) is 9.37 Å². The van der Waals surface area contributed by atoms with Gasteiger partial charge in [0.1, 0.15) is 5.82 Å². The zero-order valence-electron chi connectivity index (χ0n) is 12.1. The van der Waals surface area contributed by atoms with Crippen molar-refractivity contribution in [2.45, 2.75) is 26.2 Å². The standard InChI is InChI=1S/C15H17FN4O/c1-15(2,3)12-6-9(7-13(17)20-12)14(21)19-11-4-5-18-8-10(11)16/h4-8H,1-3H3,(H2,17,20)(H,18,19,21). The molecule has 0 spiro atoms. The number of aromatic nitrogens is 2. The van der Waals surface area contributed by atoms with Crippen LogP contribution < -0.4 is 11.1 Å². The number of hydrogen-bond donors (Lipinski definition) is 2. The van der Waals surface area contributed by atoms with Crippen molar-refractivity contribution >= 4 is 17.4 Å². The summed E-state index contributed by atoms with van der Waals surface area (Å²) < 4.78 is 13.5. The number of pyridine rings is 2. The second-order valence-electron chi connectivity index (χ2n) is 5.73. The lowest BCUT2D eigenvalue weighted by molar-refractivity contribution is 0.102. The number of nitrogens with two attached hydrogens (primary N) is 1. The van der Waals surface area contributed by atoms with E-state index in [1.165, 1.54) is 18.3 Å². The molecule has 0 bridgehead atoms. The molecule has 2 heterocycles. The third-order valence-electron chi connectivity index (χ3n) is 2.90. The molecule has 0 saturated carbocycles. The first-order valence-electron chi connectivity index (χ1n) is 6.46. The monoisotopic (exact) mass is 288 g/mol. The molecule has 0 fully saturated rings. The molecule has 0 saturated heterocycles. The lowest BCUT2D eigenvalue weighted by atomic mass is 9.90. The van der Waals surface area contributed by atoms with Crippen molar-refractivity contribution in [3.8, 4) is 0 Å². The lowest BCUT2D eigenvalue weighted by Crippen LogP contribution is -2.19. The summed E-state index contributed by atoms with van der Waals surface area (Å²) in [6.45, 7) is 5.91. The van der Waals surface area contributed by atoms with Crippen LogP contribution in [-0.4, -0.2) is 15.9 Å². The molecule has 110 valence electrons. The summed E-state index contributed by atoms with van der Waals surface area (Å²) >= 11 is 0. The Bertz CT molecular complexity index is 680. The fourth-order valence-electron chi connectivity index (χ4n) is 1.74. The molecule has 0 atom stereocenters. The third-order valence-corrected chi connectivity index (χ3v) is 2.90. The molecule has 1 amide bonds. The Morgan fingerprint density at radius 3 is 2.67 bits per heavy atom. The van der Waals surface area contributed by atoms with E-state index in [2.05, 4.69) is 15.3 Å².